The molecule has 0 radical (unpaired) electrons. The second-order valence-electron chi connectivity index (χ2n) is 7.01. The van der Waals surface area contributed by atoms with Crippen LogP contribution in [0.15, 0.2) is 57.0 Å². The number of phenols is 1. The van der Waals surface area contributed by atoms with Crippen LogP contribution in [0.1, 0.15) is 23.1 Å². The number of thioether (sulfide) groups is 1. The molecule has 1 aromatic carbocycles. The maximum absolute atomic E-state index is 13.2. The summed E-state index contributed by atoms with van der Waals surface area (Å²) in [5, 5.41) is 13.7. The topological polar surface area (TPSA) is 97.4 Å². The zero-order valence-corrected chi connectivity index (χ0v) is 18.7. The van der Waals surface area contributed by atoms with Gasteiger partial charge < -0.3 is 14.8 Å². The molecule has 0 bridgehead atoms. The van der Waals surface area contributed by atoms with E-state index in [9.17, 15) is 14.7 Å². The number of phenolic OH excluding ortho intramolecular Hbond substituents is 1. The third-order valence-electron chi connectivity index (χ3n) is 4.67. The molecular formula is C22H21N3O4S2. The minimum absolute atomic E-state index is 0.00361. The normalized spacial score (nSPS) is 11.2. The number of aromatic nitrogens is 2. The van der Waals surface area contributed by atoms with Gasteiger partial charge in [0.15, 0.2) is 5.16 Å². The molecule has 0 fully saturated rings. The van der Waals surface area contributed by atoms with E-state index in [4.69, 9.17) is 4.42 Å². The molecule has 7 nitrogen and oxygen atoms in total. The number of hydrogen-bond acceptors (Lipinski definition) is 7. The Kier molecular flexibility index (Phi) is 6.15. The van der Waals surface area contributed by atoms with E-state index in [0.717, 1.165) is 16.9 Å². The van der Waals surface area contributed by atoms with Crippen molar-refractivity contribution in [1.82, 2.24) is 9.55 Å². The maximum atomic E-state index is 13.2. The quantitative estimate of drug-likeness (QED) is 0.243. The van der Waals surface area contributed by atoms with Gasteiger partial charge in [0.1, 0.15) is 16.3 Å². The van der Waals surface area contributed by atoms with Crippen molar-refractivity contribution in [3.8, 4) is 5.75 Å². The van der Waals surface area contributed by atoms with Gasteiger partial charge in [0, 0.05) is 4.88 Å². The average molecular weight is 456 g/mol. The van der Waals surface area contributed by atoms with Gasteiger partial charge in [0.2, 0.25) is 5.91 Å². The summed E-state index contributed by atoms with van der Waals surface area (Å²) >= 11 is 2.66. The van der Waals surface area contributed by atoms with Crippen molar-refractivity contribution in [1.29, 1.82) is 0 Å². The Morgan fingerprint density at radius 2 is 2.16 bits per heavy atom. The van der Waals surface area contributed by atoms with Crippen LogP contribution in [-0.4, -0.2) is 26.3 Å². The summed E-state index contributed by atoms with van der Waals surface area (Å²) < 4.78 is 6.95. The van der Waals surface area contributed by atoms with Gasteiger partial charge in [-0.1, -0.05) is 24.8 Å². The summed E-state index contributed by atoms with van der Waals surface area (Å²) in [5.41, 5.74) is 1.12. The summed E-state index contributed by atoms with van der Waals surface area (Å²) in [7, 11) is 0. The van der Waals surface area contributed by atoms with Crippen LogP contribution in [0.3, 0.4) is 0 Å². The van der Waals surface area contributed by atoms with Crippen molar-refractivity contribution >= 4 is 44.9 Å². The molecule has 1 amide bonds. The molecule has 0 unspecified atom stereocenters. The van der Waals surface area contributed by atoms with E-state index < -0.39 is 0 Å². The highest BCUT2D eigenvalue weighted by Gasteiger charge is 2.17. The summed E-state index contributed by atoms with van der Waals surface area (Å²) in [5.74, 6) is 0.370. The molecule has 4 aromatic rings. The Hall–Kier alpha value is -3.04. The number of aryl methyl sites for hydroxylation is 2. The molecule has 31 heavy (non-hydrogen) atoms. The van der Waals surface area contributed by atoms with E-state index >= 15 is 0 Å². The number of rotatable bonds is 7. The van der Waals surface area contributed by atoms with Gasteiger partial charge in [0.25, 0.3) is 5.56 Å². The summed E-state index contributed by atoms with van der Waals surface area (Å²) in [4.78, 5) is 32.1. The van der Waals surface area contributed by atoms with Crippen LogP contribution in [0.4, 0.5) is 5.69 Å². The highest BCUT2D eigenvalue weighted by atomic mass is 32.2. The van der Waals surface area contributed by atoms with Crippen LogP contribution in [0.2, 0.25) is 0 Å². The van der Waals surface area contributed by atoms with E-state index in [1.165, 1.54) is 33.7 Å². The number of anilines is 1. The molecule has 2 N–H and O–H groups in total. The summed E-state index contributed by atoms with van der Waals surface area (Å²) in [6.45, 7) is 4.14. The zero-order valence-electron chi connectivity index (χ0n) is 17.0. The molecule has 0 saturated heterocycles. The first-order chi connectivity index (χ1) is 14.9. The number of hydrogen-bond donors (Lipinski definition) is 2. The van der Waals surface area contributed by atoms with Gasteiger partial charge in [-0.05, 0) is 49.2 Å². The smallest absolute Gasteiger partial charge is 0.263 e. The predicted octanol–water partition coefficient (Wildman–Crippen LogP) is 4.41. The number of furan rings is 1. The fraction of sp³-hybridized carbons (Fsp3) is 0.227. The largest absolute Gasteiger partial charge is 0.506 e. The minimum atomic E-state index is -0.301. The van der Waals surface area contributed by atoms with Gasteiger partial charge in [-0.3, -0.25) is 14.2 Å². The Labute approximate surface area is 186 Å². The van der Waals surface area contributed by atoms with Gasteiger partial charge >= 0.3 is 0 Å². The molecule has 9 heteroatoms. The van der Waals surface area contributed by atoms with Crippen molar-refractivity contribution in [2.24, 2.45) is 0 Å². The third-order valence-corrected chi connectivity index (χ3v) is 6.82. The predicted molar refractivity (Wildman–Crippen MR) is 123 cm³/mol. The fourth-order valence-electron chi connectivity index (χ4n) is 3.10. The maximum Gasteiger partial charge on any atom is 0.263 e. The number of carbonyl (C=O) groups excluding carboxylic acids is 1. The zero-order chi connectivity index (χ0) is 22.0. The Balaban J connectivity index is 1.61. The van der Waals surface area contributed by atoms with E-state index in [0.29, 0.717) is 26.8 Å². The van der Waals surface area contributed by atoms with Crippen LogP contribution >= 0.6 is 23.1 Å². The first-order valence-corrected chi connectivity index (χ1v) is 11.5. The highest BCUT2D eigenvalue weighted by Crippen LogP contribution is 2.27. The Morgan fingerprint density at radius 1 is 1.32 bits per heavy atom. The SMILES string of the molecule is CCc1cc2c(=O)n(Cc3ccco3)c(SCC(=O)Nc3cc(C)ccc3O)nc2s1. The number of nitrogens with one attached hydrogen (secondary N) is 1. The van der Waals surface area contributed by atoms with Gasteiger partial charge in [0.05, 0.1) is 29.6 Å². The number of aromatic hydroxyl groups is 1. The van der Waals surface area contributed by atoms with Crippen LogP contribution in [0, 0.1) is 6.92 Å². The number of nitrogens with zero attached hydrogens (tertiary/aromatic N) is 2. The molecule has 4 rings (SSSR count). The van der Waals surface area contributed by atoms with Crippen LogP contribution < -0.4 is 10.9 Å². The fourth-order valence-corrected chi connectivity index (χ4v) is 4.90. The molecule has 0 aliphatic carbocycles. The monoisotopic (exact) mass is 455 g/mol. The third kappa shape index (κ3) is 4.67. The molecular weight excluding hydrogens is 434 g/mol. The molecule has 0 aliphatic rings. The van der Waals surface area contributed by atoms with Gasteiger partial charge in [-0.2, -0.15) is 0 Å². The van der Waals surface area contributed by atoms with Gasteiger partial charge in [-0.25, -0.2) is 4.98 Å². The van der Waals surface area contributed by atoms with Gasteiger partial charge in [-0.15, -0.1) is 11.3 Å². The molecule has 0 spiro atoms. The van der Waals surface area contributed by atoms with Crippen molar-refractivity contribution in [3.63, 3.8) is 0 Å². The lowest BCUT2D eigenvalue weighted by atomic mass is 10.2. The van der Waals surface area contributed by atoms with Crippen molar-refractivity contribution < 1.29 is 14.3 Å². The van der Waals surface area contributed by atoms with E-state index in [1.54, 1.807) is 30.5 Å². The lowest BCUT2D eigenvalue weighted by molar-refractivity contribution is -0.113. The van der Waals surface area contributed by atoms with Crippen molar-refractivity contribution in [2.45, 2.75) is 32.0 Å². The standard InChI is InChI=1S/C22H21N3O4S2/c1-3-15-10-16-20(31-15)24-22(25(21(16)28)11-14-5-4-8-29-14)30-12-19(27)23-17-9-13(2)6-7-18(17)26/h4-10,26H,3,11-12H2,1-2H3,(H,23,27). The number of thiophene rings is 1. The van der Waals surface area contributed by atoms with Crippen LogP contribution in [-0.2, 0) is 17.8 Å². The summed E-state index contributed by atoms with van der Waals surface area (Å²) in [6.07, 6.45) is 2.38. The molecule has 3 heterocycles. The number of benzene rings is 1. The molecule has 160 valence electrons. The number of carbonyl (C=O) groups is 1. The highest BCUT2D eigenvalue weighted by molar-refractivity contribution is 7.99. The number of amides is 1. The lowest BCUT2D eigenvalue weighted by Gasteiger charge is -2.11. The second kappa shape index (κ2) is 8.99. The lowest BCUT2D eigenvalue weighted by Crippen LogP contribution is -2.24. The van der Waals surface area contributed by atoms with Crippen LogP contribution in [0.25, 0.3) is 10.2 Å². The Morgan fingerprint density at radius 3 is 2.90 bits per heavy atom. The molecule has 3 aromatic heterocycles. The first kappa shape index (κ1) is 21.2. The van der Waals surface area contributed by atoms with E-state index in [1.807, 2.05) is 19.9 Å². The molecule has 0 aliphatic heterocycles. The second-order valence-corrected chi connectivity index (χ2v) is 9.07. The first-order valence-electron chi connectivity index (χ1n) is 9.72. The van der Waals surface area contributed by atoms with Crippen LogP contribution in [0.5, 0.6) is 5.75 Å². The van der Waals surface area contributed by atoms with Crippen molar-refractivity contribution in [3.05, 3.63) is 69.2 Å². The number of fused-ring (bicyclic) bond motifs is 1. The summed E-state index contributed by atoms with van der Waals surface area (Å²) in [6, 6.07) is 10.4. The minimum Gasteiger partial charge on any atom is -0.506 e. The average Bonchev–Trinajstić information content (AvgIpc) is 3.41. The van der Waals surface area contributed by atoms with E-state index in [-0.39, 0.29) is 29.5 Å². The van der Waals surface area contributed by atoms with E-state index in [2.05, 4.69) is 10.3 Å². The molecule has 0 saturated carbocycles. The van der Waals surface area contributed by atoms with Crippen molar-refractivity contribution in [2.75, 3.05) is 11.1 Å². The molecule has 0 atom stereocenters. The Bertz CT molecular complexity index is 1290.